The monoisotopic (exact) mass is 218 g/mol. The molecule has 0 bridgehead atoms. The molecule has 1 aromatic rings. The van der Waals surface area contributed by atoms with E-state index in [0.29, 0.717) is 0 Å². The smallest absolute Gasteiger partial charge is 0.224 e. The summed E-state index contributed by atoms with van der Waals surface area (Å²) in [6.07, 6.45) is 0.870. The lowest BCUT2D eigenvalue weighted by Gasteiger charge is -2.20. The molecule has 3 heteroatoms. The fourth-order valence-corrected chi connectivity index (χ4v) is 2.23. The van der Waals surface area contributed by atoms with E-state index in [1.807, 2.05) is 25.1 Å². The third kappa shape index (κ3) is 2.25. The number of nitrogens with two attached hydrogens (primary N) is 1. The van der Waals surface area contributed by atoms with Crippen molar-refractivity contribution in [1.29, 1.82) is 0 Å². The third-order valence-corrected chi connectivity index (χ3v) is 3.40. The van der Waals surface area contributed by atoms with E-state index in [1.54, 1.807) is 0 Å². The summed E-state index contributed by atoms with van der Waals surface area (Å²) >= 11 is 0. The van der Waals surface area contributed by atoms with Crippen LogP contribution in [0.4, 0.5) is 0 Å². The SMILES string of the molecule is C[C@]1(C(N)=O)CCN(Cc2ccccc2)C1. The van der Waals surface area contributed by atoms with E-state index in [0.717, 1.165) is 26.1 Å². The van der Waals surface area contributed by atoms with Gasteiger partial charge in [0.2, 0.25) is 5.91 Å². The van der Waals surface area contributed by atoms with Crippen LogP contribution in [0.2, 0.25) is 0 Å². The molecule has 0 unspecified atom stereocenters. The molecule has 1 amide bonds. The molecule has 1 aliphatic rings. The van der Waals surface area contributed by atoms with Crippen LogP contribution in [0.15, 0.2) is 30.3 Å². The molecule has 86 valence electrons. The Balaban J connectivity index is 1.98. The largest absolute Gasteiger partial charge is 0.369 e. The van der Waals surface area contributed by atoms with E-state index in [4.69, 9.17) is 5.73 Å². The normalized spacial score (nSPS) is 25.8. The van der Waals surface area contributed by atoms with Crippen LogP contribution in [0.1, 0.15) is 18.9 Å². The first-order chi connectivity index (χ1) is 7.60. The maximum atomic E-state index is 11.3. The Bertz CT molecular complexity index is 377. The molecule has 2 rings (SSSR count). The predicted octanol–water partition coefficient (Wildman–Crippen LogP) is 1.38. The Morgan fingerprint density at radius 1 is 1.44 bits per heavy atom. The Kier molecular flexibility index (Phi) is 2.97. The highest BCUT2D eigenvalue weighted by Crippen LogP contribution is 2.30. The molecule has 2 N–H and O–H groups in total. The number of carbonyl (C=O) groups is 1. The fraction of sp³-hybridized carbons (Fsp3) is 0.462. The van der Waals surface area contributed by atoms with E-state index in [9.17, 15) is 4.79 Å². The molecule has 1 aliphatic heterocycles. The van der Waals surface area contributed by atoms with Gasteiger partial charge in [0.15, 0.2) is 0 Å². The number of primary amides is 1. The first kappa shape index (κ1) is 11.1. The van der Waals surface area contributed by atoms with Gasteiger partial charge in [0.1, 0.15) is 0 Å². The van der Waals surface area contributed by atoms with Crippen LogP contribution in [0.25, 0.3) is 0 Å². The summed E-state index contributed by atoms with van der Waals surface area (Å²) in [6, 6.07) is 10.3. The topological polar surface area (TPSA) is 46.3 Å². The summed E-state index contributed by atoms with van der Waals surface area (Å²) < 4.78 is 0. The quantitative estimate of drug-likeness (QED) is 0.833. The summed E-state index contributed by atoms with van der Waals surface area (Å²) in [4.78, 5) is 13.6. The van der Waals surface area contributed by atoms with Gasteiger partial charge in [0.05, 0.1) is 5.41 Å². The van der Waals surface area contributed by atoms with Gasteiger partial charge in [0.25, 0.3) is 0 Å². The van der Waals surface area contributed by atoms with E-state index < -0.39 is 0 Å². The lowest BCUT2D eigenvalue weighted by atomic mass is 9.89. The summed E-state index contributed by atoms with van der Waals surface area (Å²) in [5.41, 5.74) is 6.37. The van der Waals surface area contributed by atoms with Crippen molar-refractivity contribution in [3.8, 4) is 0 Å². The van der Waals surface area contributed by atoms with Crippen LogP contribution in [-0.2, 0) is 11.3 Å². The fourth-order valence-electron chi connectivity index (χ4n) is 2.23. The average molecular weight is 218 g/mol. The molecule has 1 heterocycles. The Hall–Kier alpha value is -1.35. The zero-order valence-corrected chi connectivity index (χ0v) is 9.65. The Morgan fingerprint density at radius 2 is 2.12 bits per heavy atom. The summed E-state index contributed by atoms with van der Waals surface area (Å²) in [6.45, 7) is 4.59. The van der Waals surface area contributed by atoms with E-state index in [2.05, 4.69) is 17.0 Å². The molecule has 0 aliphatic carbocycles. The highest BCUT2D eigenvalue weighted by Gasteiger charge is 2.38. The average Bonchev–Trinajstić information content (AvgIpc) is 2.63. The number of hydrogen-bond donors (Lipinski definition) is 1. The van der Waals surface area contributed by atoms with Crippen molar-refractivity contribution in [1.82, 2.24) is 4.90 Å². The Labute approximate surface area is 96.2 Å². The number of likely N-dealkylation sites (tertiary alicyclic amines) is 1. The van der Waals surface area contributed by atoms with Gasteiger partial charge in [-0.25, -0.2) is 0 Å². The maximum Gasteiger partial charge on any atom is 0.224 e. The van der Waals surface area contributed by atoms with Crippen LogP contribution in [-0.4, -0.2) is 23.9 Å². The predicted molar refractivity (Wildman–Crippen MR) is 63.6 cm³/mol. The number of hydrogen-bond acceptors (Lipinski definition) is 2. The zero-order chi connectivity index (χ0) is 11.6. The first-order valence-corrected chi connectivity index (χ1v) is 5.66. The molecule has 1 saturated heterocycles. The van der Waals surface area contributed by atoms with Gasteiger partial charge in [-0.1, -0.05) is 30.3 Å². The van der Waals surface area contributed by atoms with Crippen molar-refractivity contribution < 1.29 is 4.79 Å². The second-order valence-electron chi connectivity index (χ2n) is 4.87. The minimum absolute atomic E-state index is 0.178. The molecule has 0 radical (unpaired) electrons. The van der Waals surface area contributed by atoms with Gasteiger partial charge in [-0.15, -0.1) is 0 Å². The second kappa shape index (κ2) is 4.26. The summed E-state index contributed by atoms with van der Waals surface area (Å²) in [7, 11) is 0. The van der Waals surface area contributed by atoms with Crippen molar-refractivity contribution >= 4 is 5.91 Å². The molecule has 1 atom stereocenters. The number of nitrogens with zero attached hydrogens (tertiary/aromatic N) is 1. The van der Waals surface area contributed by atoms with Gasteiger partial charge in [0, 0.05) is 13.1 Å². The zero-order valence-electron chi connectivity index (χ0n) is 9.65. The van der Waals surface area contributed by atoms with Crippen LogP contribution in [0.3, 0.4) is 0 Å². The van der Waals surface area contributed by atoms with Gasteiger partial charge < -0.3 is 5.73 Å². The van der Waals surface area contributed by atoms with Crippen molar-refractivity contribution in [3.63, 3.8) is 0 Å². The third-order valence-electron chi connectivity index (χ3n) is 3.40. The van der Waals surface area contributed by atoms with Crippen molar-refractivity contribution in [2.75, 3.05) is 13.1 Å². The van der Waals surface area contributed by atoms with E-state index in [-0.39, 0.29) is 11.3 Å². The second-order valence-corrected chi connectivity index (χ2v) is 4.87. The van der Waals surface area contributed by atoms with Crippen molar-refractivity contribution in [2.24, 2.45) is 11.1 Å². The van der Waals surface area contributed by atoms with Crippen LogP contribution >= 0.6 is 0 Å². The molecule has 0 spiro atoms. The molecular weight excluding hydrogens is 200 g/mol. The molecule has 1 fully saturated rings. The van der Waals surface area contributed by atoms with E-state index >= 15 is 0 Å². The summed E-state index contributed by atoms with van der Waals surface area (Å²) in [5.74, 6) is -0.178. The van der Waals surface area contributed by atoms with Crippen molar-refractivity contribution in [3.05, 3.63) is 35.9 Å². The lowest BCUT2D eigenvalue weighted by molar-refractivity contribution is -0.126. The minimum atomic E-state index is -0.339. The number of rotatable bonds is 3. The molecule has 1 aromatic carbocycles. The van der Waals surface area contributed by atoms with Crippen LogP contribution in [0, 0.1) is 5.41 Å². The lowest BCUT2D eigenvalue weighted by Crippen LogP contribution is -2.36. The summed E-state index contributed by atoms with van der Waals surface area (Å²) in [5, 5.41) is 0. The van der Waals surface area contributed by atoms with E-state index in [1.165, 1.54) is 5.56 Å². The molecule has 3 nitrogen and oxygen atoms in total. The van der Waals surface area contributed by atoms with Crippen LogP contribution < -0.4 is 5.73 Å². The number of amides is 1. The maximum absolute atomic E-state index is 11.3. The molecule has 0 aromatic heterocycles. The molecule has 16 heavy (non-hydrogen) atoms. The van der Waals surface area contributed by atoms with Gasteiger partial charge in [-0.05, 0) is 25.5 Å². The molecule has 0 saturated carbocycles. The standard InChI is InChI=1S/C13H18N2O/c1-13(12(14)16)7-8-15(10-13)9-11-5-3-2-4-6-11/h2-6H,7-10H2,1H3,(H2,14,16)/t13-/m0/s1. The highest BCUT2D eigenvalue weighted by molar-refractivity contribution is 5.81. The number of benzene rings is 1. The van der Waals surface area contributed by atoms with Crippen molar-refractivity contribution in [2.45, 2.75) is 19.9 Å². The van der Waals surface area contributed by atoms with Gasteiger partial charge in [-0.2, -0.15) is 0 Å². The van der Waals surface area contributed by atoms with Crippen LogP contribution in [0.5, 0.6) is 0 Å². The Morgan fingerprint density at radius 3 is 2.69 bits per heavy atom. The van der Waals surface area contributed by atoms with Gasteiger partial charge in [-0.3, -0.25) is 9.69 Å². The number of carbonyl (C=O) groups excluding carboxylic acids is 1. The minimum Gasteiger partial charge on any atom is -0.369 e. The molecular formula is C13H18N2O. The highest BCUT2D eigenvalue weighted by atomic mass is 16.1. The first-order valence-electron chi connectivity index (χ1n) is 5.66. The van der Waals surface area contributed by atoms with Gasteiger partial charge >= 0.3 is 0 Å².